The molecule has 116 valence electrons. The first-order valence-corrected chi connectivity index (χ1v) is 8.55. The highest BCUT2D eigenvalue weighted by molar-refractivity contribution is 7.13. The number of rotatable bonds is 2. The van der Waals surface area contributed by atoms with Crippen LogP contribution in [0.25, 0.3) is 10.8 Å². The molecule has 0 radical (unpaired) electrons. The average molecular weight is 318 g/mol. The number of morpholine rings is 1. The number of hydrogen-bond acceptors (Lipinski definition) is 5. The first kappa shape index (κ1) is 14.0. The lowest BCUT2D eigenvalue weighted by molar-refractivity contribution is -0.0447. The largest absolute Gasteiger partial charge is 0.459 e. The average Bonchev–Trinajstić information content (AvgIpc) is 3.25. The second-order valence-corrected chi connectivity index (χ2v) is 6.71. The Morgan fingerprint density at radius 3 is 3.14 bits per heavy atom. The van der Waals surface area contributed by atoms with Crippen LogP contribution in [-0.4, -0.2) is 41.1 Å². The van der Waals surface area contributed by atoms with Crippen LogP contribution in [0, 0.1) is 6.92 Å². The van der Waals surface area contributed by atoms with E-state index < -0.39 is 0 Å². The quantitative estimate of drug-likeness (QED) is 0.854. The summed E-state index contributed by atoms with van der Waals surface area (Å²) < 4.78 is 11.3. The normalized spacial score (nSPS) is 24.5. The minimum atomic E-state index is 0.0194. The molecule has 0 unspecified atom stereocenters. The van der Waals surface area contributed by atoms with Crippen LogP contribution in [0.4, 0.5) is 0 Å². The molecule has 2 aliphatic rings. The van der Waals surface area contributed by atoms with Crippen molar-refractivity contribution in [2.24, 2.45) is 0 Å². The summed E-state index contributed by atoms with van der Waals surface area (Å²) in [5, 5.41) is 2.59. The van der Waals surface area contributed by atoms with Crippen molar-refractivity contribution in [3.05, 3.63) is 29.0 Å². The number of hydrogen-bond donors (Lipinski definition) is 0. The van der Waals surface area contributed by atoms with Gasteiger partial charge in [0.2, 0.25) is 0 Å². The minimum absolute atomic E-state index is 0.0194. The highest BCUT2D eigenvalue weighted by Crippen LogP contribution is 2.32. The fourth-order valence-corrected chi connectivity index (χ4v) is 4.11. The Kier molecular flexibility index (Phi) is 3.50. The Balaban J connectivity index is 1.56. The van der Waals surface area contributed by atoms with Crippen molar-refractivity contribution in [1.29, 1.82) is 0 Å². The van der Waals surface area contributed by atoms with E-state index in [1.807, 2.05) is 29.3 Å². The second-order valence-electron chi connectivity index (χ2n) is 5.85. The molecule has 1 saturated heterocycles. The van der Waals surface area contributed by atoms with Crippen LogP contribution in [-0.2, 0) is 4.74 Å². The van der Waals surface area contributed by atoms with Gasteiger partial charge in [-0.3, -0.25) is 4.79 Å². The van der Waals surface area contributed by atoms with Gasteiger partial charge in [0.1, 0.15) is 11.5 Å². The zero-order valence-corrected chi connectivity index (χ0v) is 13.3. The maximum absolute atomic E-state index is 12.8. The highest BCUT2D eigenvalue weighted by atomic mass is 32.1. The molecule has 3 heterocycles. The fourth-order valence-electron chi connectivity index (χ4n) is 3.36. The molecule has 1 aliphatic heterocycles. The van der Waals surface area contributed by atoms with Crippen molar-refractivity contribution in [2.75, 3.05) is 13.2 Å². The Morgan fingerprint density at radius 2 is 2.32 bits per heavy atom. The van der Waals surface area contributed by atoms with E-state index in [0.717, 1.165) is 35.8 Å². The van der Waals surface area contributed by atoms with Crippen molar-refractivity contribution in [1.82, 2.24) is 9.88 Å². The van der Waals surface area contributed by atoms with Crippen LogP contribution in [0.1, 0.15) is 35.5 Å². The summed E-state index contributed by atoms with van der Waals surface area (Å²) in [6.07, 6.45) is 3.43. The van der Waals surface area contributed by atoms with Crippen LogP contribution in [0.2, 0.25) is 0 Å². The van der Waals surface area contributed by atoms with Gasteiger partial charge in [-0.15, -0.1) is 11.3 Å². The summed E-state index contributed by atoms with van der Waals surface area (Å²) in [5.41, 5.74) is 0.515. The van der Waals surface area contributed by atoms with Gasteiger partial charge < -0.3 is 14.1 Å². The number of amides is 1. The maximum atomic E-state index is 12.8. The third kappa shape index (κ3) is 2.36. The standard InChI is InChI=1S/C16H18N2O3S/c1-10-5-6-14(21-10)15-17-11(9-22-15)16(19)18-7-8-20-13-4-2-3-12(13)18/h5-6,9,12-13H,2-4,7-8H2,1H3/t12-,13+/m0/s1. The molecule has 1 aliphatic carbocycles. The van der Waals surface area contributed by atoms with Gasteiger partial charge in [0.05, 0.1) is 18.8 Å². The van der Waals surface area contributed by atoms with Crippen molar-refractivity contribution < 1.29 is 13.9 Å². The Labute approximate surface area is 132 Å². The molecule has 0 N–H and O–H groups in total. The smallest absolute Gasteiger partial charge is 0.273 e. The van der Waals surface area contributed by atoms with Gasteiger partial charge in [-0.05, 0) is 38.3 Å². The summed E-state index contributed by atoms with van der Waals surface area (Å²) in [5.74, 6) is 1.59. The number of aryl methyl sites for hydroxylation is 1. The number of carbonyl (C=O) groups excluding carboxylic acids is 1. The summed E-state index contributed by atoms with van der Waals surface area (Å²) in [4.78, 5) is 19.2. The molecule has 2 fully saturated rings. The Morgan fingerprint density at radius 1 is 1.41 bits per heavy atom. The van der Waals surface area contributed by atoms with Crippen LogP contribution in [0.15, 0.2) is 21.9 Å². The highest BCUT2D eigenvalue weighted by Gasteiger charge is 2.39. The first-order valence-electron chi connectivity index (χ1n) is 7.67. The summed E-state index contributed by atoms with van der Waals surface area (Å²) in [7, 11) is 0. The molecule has 0 bridgehead atoms. The monoisotopic (exact) mass is 318 g/mol. The lowest BCUT2D eigenvalue weighted by Gasteiger charge is -2.37. The van der Waals surface area contributed by atoms with E-state index in [4.69, 9.17) is 9.15 Å². The van der Waals surface area contributed by atoms with E-state index in [1.165, 1.54) is 11.3 Å². The molecule has 1 saturated carbocycles. The number of carbonyl (C=O) groups is 1. The lowest BCUT2D eigenvalue weighted by Crippen LogP contribution is -2.51. The van der Waals surface area contributed by atoms with Crippen LogP contribution < -0.4 is 0 Å². The van der Waals surface area contributed by atoms with E-state index in [1.54, 1.807) is 0 Å². The van der Waals surface area contributed by atoms with Crippen molar-refractivity contribution in [3.8, 4) is 10.8 Å². The van der Waals surface area contributed by atoms with Crippen LogP contribution in [0.5, 0.6) is 0 Å². The molecule has 2 atom stereocenters. The van der Waals surface area contributed by atoms with Gasteiger partial charge in [0.25, 0.3) is 5.91 Å². The van der Waals surface area contributed by atoms with Crippen molar-refractivity contribution in [2.45, 2.75) is 38.3 Å². The molecule has 0 spiro atoms. The molecule has 0 aromatic carbocycles. The molecular weight excluding hydrogens is 300 g/mol. The van der Waals surface area contributed by atoms with Gasteiger partial charge in [-0.1, -0.05) is 0 Å². The summed E-state index contributed by atoms with van der Waals surface area (Å²) >= 11 is 1.45. The second kappa shape index (κ2) is 5.52. The van der Waals surface area contributed by atoms with Crippen molar-refractivity contribution in [3.63, 3.8) is 0 Å². The third-order valence-electron chi connectivity index (χ3n) is 4.42. The zero-order valence-electron chi connectivity index (χ0n) is 12.4. The molecule has 22 heavy (non-hydrogen) atoms. The van der Waals surface area contributed by atoms with Gasteiger partial charge in [0.15, 0.2) is 10.8 Å². The number of thiazole rings is 1. The van der Waals surface area contributed by atoms with E-state index in [0.29, 0.717) is 18.8 Å². The number of fused-ring (bicyclic) bond motifs is 1. The molecule has 4 rings (SSSR count). The number of aromatic nitrogens is 1. The van der Waals surface area contributed by atoms with Gasteiger partial charge in [-0.2, -0.15) is 0 Å². The summed E-state index contributed by atoms with van der Waals surface area (Å²) in [6.45, 7) is 3.19. The van der Waals surface area contributed by atoms with Crippen LogP contribution in [0.3, 0.4) is 0 Å². The molecule has 2 aromatic heterocycles. The van der Waals surface area contributed by atoms with Gasteiger partial charge in [0, 0.05) is 11.9 Å². The minimum Gasteiger partial charge on any atom is -0.459 e. The van der Waals surface area contributed by atoms with E-state index >= 15 is 0 Å². The number of furan rings is 1. The van der Waals surface area contributed by atoms with E-state index in [-0.39, 0.29) is 18.1 Å². The van der Waals surface area contributed by atoms with Crippen LogP contribution >= 0.6 is 11.3 Å². The zero-order chi connectivity index (χ0) is 15.1. The SMILES string of the molecule is Cc1ccc(-c2nc(C(=O)N3CCO[C@@H]4CCC[C@@H]43)cs2)o1. The fraction of sp³-hybridized carbons (Fsp3) is 0.500. The molecule has 5 nitrogen and oxygen atoms in total. The molecule has 2 aromatic rings. The first-order chi connectivity index (χ1) is 10.7. The van der Waals surface area contributed by atoms with E-state index in [9.17, 15) is 4.79 Å². The Hall–Kier alpha value is -1.66. The molecule has 1 amide bonds. The van der Waals surface area contributed by atoms with Gasteiger partial charge in [-0.25, -0.2) is 4.98 Å². The van der Waals surface area contributed by atoms with E-state index in [2.05, 4.69) is 4.98 Å². The summed E-state index contributed by atoms with van der Waals surface area (Å²) in [6, 6.07) is 4.02. The van der Waals surface area contributed by atoms with Crippen molar-refractivity contribution >= 4 is 17.2 Å². The number of ether oxygens (including phenoxy) is 1. The number of nitrogens with zero attached hydrogens (tertiary/aromatic N) is 2. The predicted molar refractivity (Wildman–Crippen MR) is 83.0 cm³/mol. The third-order valence-corrected chi connectivity index (χ3v) is 5.27. The molecular formula is C16H18N2O3S. The predicted octanol–water partition coefficient (Wildman–Crippen LogP) is 3.11. The maximum Gasteiger partial charge on any atom is 0.273 e. The lowest BCUT2D eigenvalue weighted by atomic mass is 10.1. The molecule has 6 heteroatoms. The topological polar surface area (TPSA) is 55.6 Å². The van der Waals surface area contributed by atoms with Gasteiger partial charge >= 0.3 is 0 Å². The Bertz CT molecular complexity index is 693.